The predicted octanol–water partition coefficient (Wildman–Crippen LogP) is 3.79. The van der Waals surface area contributed by atoms with E-state index < -0.39 is 0 Å². The number of carbonyl (C=O) groups excluding carboxylic acids is 1. The number of hydrogen-bond donors (Lipinski definition) is 0. The maximum atomic E-state index is 13.0. The first-order valence-corrected chi connectivity index (χ1v) is 9.07. The second-order valence-corrected chi connectivity index (χ2v) is 6.39. The van der Waals surface area contributed by atoms with Crippen molar-refractivity contribution >= 4 is 17.9 Å². The second-order valence-electron chi connectivity index (χ2n) is 6.39. The van der Waals surface area contributed by atoms with Gasteiger partial charge in [-0.05, 0) is 47.5 Å². The maximum Gasteiger partial charge on any atom is 0.189 e. The Morgan fingerprint density at radius 3 is 1.48 bits per heavy atom. The largest absolute Gasteiger partial charge is 0.493 e. The summed E-state index contributed by atoms with van der Waals surface area (Å²) >= 11 is 0. The minimum Gasteiger partial charge on any atom is -0.493 e. The van der Waals surface area contributed by atoms with Crippen LogP contribution in [0.1, 0.15) is 11.1 Å². The van der Waals surface area contributed by atoms with Crippen LogP contribution in [-0.2, 0) is 9.53 Å². The molecule has 0 unspecified atom stereocenters. The summed E-state index contributed by atoms with van der Waals surface area (Å²) in [7, 11) is 6.32. The highest BCUT2D eigenvalue weighted by Crippen LogP contribution is 2.31. The van der Waals surface area contributed by atoms with E-state index in [0.29, 0.717) is 34.1 Å². The summed E-state index contributed by atoms with van der Waals surface area (Å²) in [5.41, 5.74) is 2.83. The molecule has 0 bridgehead atoms. The first-order valence-electron chi connectivity index (χ1n) is 9.07. The van der Waals surface area contributed by atoms with Gasteiger partial charge in [0.2, 0.25) is 0 Å². The van der Waals surface area contributed by atoms with Crippen LogP contribution in [0.15, 0.2) is 47.5 Å². The SMILES string of the molecule is COc1ccc(/C=C2/COC/C(=C/c3ccc(OC)c(OC)c3)C2=O)cc1OC. The predicted molar refractivity (Wildman–Crippen MR) is 111 cm³/mol. The minimum absolute atomic E-state index is 0.0409. The van der Waals surface area contributed by atoms with Gasteiger partial charge in [-0.3, -0.25) is 4.79 Å². The Labute approximate surface area is 170 Å². The van der Waals surface area contributed by atoms with Crippen molar-refractivity contribution in [2.75, 3.05) is 41.7 Å². The van der Waals surface area contributed by atoms with Crippen molar-refractivity contribution in [3.63, 3.8) is 0 Å². The fraction of sp³-hybridized carbons (Fsp3) is 0.261. The Bertz CT molecular complexity index is 882. The zero-order chi connectivity index (χ0) is 20.8. The van der Waals surface area contributed by atoms with E-state index in [-0.39, 0.29) is 19.0 Å². The molecule has 1 aliphatic rings. The maximum absolute atomic E-state index is 13.0. The fourth-order valence-corrected chi connectivity index (χ4v) is 3.11. The number of carbonyl (C=O) groups is 1. The van der Waals surface area contributed by atoms with Gasteiger partial charge in [-0.15, -0.1) is 0 Å². The van der Waals surface area contributed by atoms with Gasteiger partial charge in [-0.2, -0.15) is 0 Å². The van der Waals surface area contributed by atoms with Gasteiger partial charge in [0.05, 0.1) is 41.7 Å². The quantitative estimate of drug-likeness (QED) is 0.693. The summed E-state index contributed by atoms with van der Waals surface area (Å²) in [5.74, 6) is 2.44. The molecule has 1 fully saturated rings. The Morgan fingerprint density at radius 1 is 0.690 bits per heavy atom. The molecule has 2 aromatic rings. The summed E-state index contributed by atoms with van der Waals surface area (Å²) in [6.45, 7) is 0.521. The van der Waals surface area contributed by atoms with Crippen molar-refractivity contribution in [2.45, 2.75) is 0 Å². The molecular weight excluding hydrogens is 372 g/mol. The van der Waals surface area contributed by atoms with Crippen LogP contribution in [0.5, 0.6) is 23.0 Å². The van der Waals surface area contributed by atoms with Gasteiger partial charge in [0.15, 0.2) is 28.8 Å². The molecular formula is C23H24O6. The number of rotatable bonds is 6. The lowest BCUT2D eigenvalue weighted by Gasteiger charge is -2.18. The average molecular weight is 396 g/mol. The second kappa shape index (κ2) is 9.30. The van der Waals surface area contributed by atoms with Gasteiger partial charge in [-0.1, -0.05) is 12.1 Å². The van der Waals surface area contributed by atoms with Gasteiger partial charge in [0, 0.05) is 11.1 Å². The lowest BCUT2D eigenvalue weighted by Crippen LogP contribution is -2.21. The van der Waals surface area contributed by atoms with E-state index in [2.05, 4.69) is 0 Å². The van der Waals surface area contributed by atoms with Gasteiger partial charge in [0.25, 0.3) is 0 Å². The van der Waals surface area contributed by atoms with Crippen molar-refractivity contribution in [3.05, 3.63) is 58.7 Å². The lowest BCUT2D eigenvalue weighted by atomic mass is 9.97. The van der Waals surface area contributed by atoms with Crippen molar-refractivity contribution < 1.29 is 28.5 Å². The highest BCUT2D eigenvalue weighted by molar-refractivity contribution is 6.14. The summed E-state index contributed by atoms with van der Waals surface area (Å²) in [5, 5.41) is 0. The lowest BCUT2D eigenvalue weighted by molar-refractivity contribution is -0.114. The standard InChI is InChI=1S/C23H24O6/c1-25-19-7-5-15(11-21(19)27-3)9-17-13-29-14-18(23(17)24)10-16-6-8-20(26-2)22(12-16)28-4/h5-12H,13-14H2,1-4H3/b17-9-,18-10-. The third-order valence-electron chi connectivity index (χ3n) is 4.60. The molecule has 29 heavy (non-hydrogen) atoms. The number of benzene rings is 2. The van der Waals surface area contributed by atoms with Crippen LogP contribution < -0.4 is 18.9 Å². The molecule has 0 aliphatic carbocycles. The number of ether oxygens (including phenoxy) is 5. The molecule has 0 atom stereocenters. The fourth-order valence-electron chi connectivity index (χ4n) is 3.11. The van der Waals surface area contributed by atoms with Crippen LogP contribution in [0.3, 0.4) is 0 Å². The Hall–Kier alpha value is -3.25. The molecule has 0 radical (unpaired) electrons. The third-order valence-corrected chi connectivity index (χ3v) is 4.60. The number of methoxy groups -OCH3 is 4. The van der Waals surface area contributed by atoms with Crippen molar-refractivity contribution in [2.24, 2.45) is 0 Å². The van der Waals surface area contributed by atoms with E-state index in [0.717, 1.165) is 11.1 Å². The molecule has 0 saturated carbocycles. The van der Waals surface area contributed by atoms with Crippen LogP contribution in [0.4, 0.5) is 0 Å². The zero-order valence-electron chi connectivity index (χ0n) is 17.0. The monoisotopic (exact) mass is 396 g/mol. The Morgan fingerprint density at radius 2 is 1.10 bits per heavy atom. The molecule has 3 rings (SSSR count). The summed E-state index contributed by atoms with van der Waals surface area (Å²) < 4.78 is 26.8. The normalized spacial score (nSPS) is 16.8. The van der Waals surface area contributed by atoms with E-state index >= 15 is 0 Å². The molecule has 1 heterocycles. The highest BCUT2D eigenvalue weighted by atomic mass is 16.5. The molecule has 0 spiro atoms. The molecule has 0 amide bonds. The van der Waals surface area contributed by atoms with Gasteiger partial charge < -0.3 is 23.7 Å². The number of hydrogen-bond acceptors (Lipinski definition) is 6. The van der Waals surface area contributed by atoms with E-state index in [4.69, 9.17) is 23.7 Å². The van der Waals surface area contributed by atoms with Crippen molar-refractivity contribution in [3.8, 4) is 23.0 Å². The van der Waals surface area contributed by atoms with Crippen LogP contribution in [-0.4, -0.2) is 47.4 Å². The van der Waals surface area contributed by atoms with E-state index in [1.54, 1.807) is 40.6 Å². The first kappa shape index (κ1) is 20.5. The first-order chi connectivity index (χ1) is 14.1. The Kier molecular flexibility index (Phi) is 6.57. The molecule has 2 aromatic carbocycles. The smallest absolute Gasteiger partial charge is 0.189 e. The average Bonchev–Trinajstić information content (AvgIpc) is 2.76. The minimum atomic E-state index is -0.0409. The van der Waals surface area contributed by atoms with Crippen LogP contribution in [0.25, 0.3) is 12.2 Å². The molecule has 6 nitrogen and oxygen atoms in total. The molecule has 6 heteroatoms. The summed E-state index contributed by atoms with van der Waals surface area (Å²) in [6.07, 6.45) is 3.62. The third kappa shape index (κ3) is 4.60. The van der Waals surface area contributed by atoms with Crippen LogP contribution in [0.2, 0.25) is 0 Å². The van der Waals surface area contributed by atoms with Gasteiger partial charge in [0.1, 0.15) is 0 Å². The van der Waals surface area contributed by atoms with E-state index in [9.17, 15) is 4.79 Å². The molecule has 1 saturated heterocycles. The molecule has 152 valence electrons. The molecule has 0 aromatic heterocycles. The van der Waals surface area contributed by atoms with Gasteiger partial charge >= 0.3 is 0 Å². The molecule has 1 aliphatic heterocycles. The highest BCUT2D eigenvalue weighted by Gasteiger charge is 2.21. The number of Topliss-reactive ketones (excluding diaryl/α,β-unsaturated/α-hetero) is 1. The van der Waals surface area contributed by atoms with E-state index in [1.165, 1.54) is 0 Å². The molecule has 0 N–H and O–H groups in total. The van der Waals surface area contributed by atoms with Crippen LogP contribution in [0, 0.1) is 0 Å². The van der Waals surface area contributed by atoms with E-state index in [1.807, 2.05) is 36.4 Å². The zero-order valence-corrected chi connectivity index (χ0v) is 17.0. The van der Waals surface area contributed by atoms with Crippen LogP contribution >= 0.6 is 0 Å². The topological polar surface area (TPSA) is 63.2 Å². The number of ketones is 1. The van der Waals surface area contributed by atoms with Gasteiger partial charge in [-0.25, -0.2) is 0 Å². The summed E-state index contributed by atoms with van der Waals surface area (Å²) in [6, 6.07) is 11.0. The van der Waals surface area contributed by atoms with Crippen molar-refractivity contribution in [1.29, 1.82) is 0 Å². The summed E-state index contributed by atoms with van der Waals surface area (Å²) in [4.78, 5) is 13.0. The van der Waals surface area contributed by atoms with Crippen molar-refractivity contribution in [1.82, 2.24) is 0 Å². The Balaban J connectivity index is 1.89.